The molecule has 0 aliphatic heterocycles. The highest BCUT2D eigenvalue weighted by Crippen LogP contribution is 2.27. The molecule has 0 amide bonds. The van der Waals surface area contributed by atoms with Gasteiger partial charge in [-0.25, -0.2) is 0 Å². The van der Waals surface area contributed by atoms with E-state index in [1.807, 2.05) is 0 Å². The fraction of sp³-hybridized carbons (Fsp3) is 0.917. The van der Waals surface area contributed by atoms with Crippen molar-refractivity contribution < 1.29 is 9.90 Å². The number of hydrogen-bond acceptors (Lipinski definition) is 2. The second kappa shape index (κ2) is 4.97. The molecule has 15 heavy (non-hydrogen) atoms. The van der Waals surface area contributed by atoms with Crippen molar-refractivity contribution in [3.63, 3.8) is 0 Å². The van der Waals surface area contributed by atoms with E-state index < -0.39 is 5.97 Å². The topological polar surface area (TPSA) is 40.5 Å². The van der Waals surface area contributed by atoms with Gasteiger partial charge in [-0.15, -0.1) is 0 Å². The van der Waals surface area contributed by atoms with Crippen molar-refractivity contribution >= 4 is 5.97 Å². The van der Waals surface area contributed by atoms with Crippen LogP contribution in [0.5, 0.6) is 0 Å². The number of rotatable bonds is 3. The summed E-state index contributed by atoms with van der Waals surface area (Å²) in [7, 11) is 0. The van der Waals surface area contributed by atoms with Gasteiger partial charge in [0.25, 0.3) is 0 Å². The third-order valence-electron chi connectivity index (χ3n) is 3.18. The highest BCUT2D eigenvalue weighted by Gasteiger charge is 2.31. The third kappa shape index (κ3) is 3.82. The van der Waals surface area contributed by atoms with Gasteiger partial charge in [-0.3, -0.25) is 9.69 Å². The van der Waals surface area contributed by atoms with Gasteiger partial charge in [0.15, 0.2) is 0 Å². The van der Waals surface area contributed by atoms with Crippen LogP contribution in [0.15, 0.2) is 0 Å². The Hall–Kier alpha value is -0.570. The molecule has 88 valence electrons. The summed E-state index contributed by atoms with van der Waals surface area (Å²) in [6.07, 6.45) is 6.12. The first-order valence-electron chi connectivity index (χ1n) is 5.90. The van der Waals surface area contributed by atoms with Gasteiger partial charge in [-0.2, -0.15) is 0 Å². The molecule has 1 rings (SSSR count). The molecule has 3 heteroatoms. The van der Waals surface area contributed by atoms with Crippen LogP contribution in [0.25, 0.3) is 0 Å². The second-order valence-corrected chi connectivity index (χ2v) is 5.48. The lowest BCUT2D eigenvalue weighted by Gasteiger charge is -2.42. The Morgan fingerprint density at radius 2 is 1.80 bits per heavy atom. The van der Waals surface area contributed by atoms with E-state index in [1.54, 1.807) is 0 Å². The predicted octanol–water partition coefficient (Wildman–Crippen LogP) is 2.50. The molecule has 0 radical (unpaired) electrons. The van der Waals surface area contributed by atoms with E-state index in [4.69, 9.17) is 5.11 Å². The molecule has 0 aromatic rings. The van der Waals surface area contributed by atoms with Gasteiger partial charge in [0, 0.05) is 11.6 Å². The van der Waals surface area contributed by atoms with E-state index >= 15 is 0 Å². The van der Waals surface area contributed by atoms with Crippen LogP contribution in [-0.4, -0.2) is 34.1 Å². The van der Waals surface area contributed by atoms with Crippen molar-refractivity contribution in [1.82, 2.24) is 4.90 Å². The Labute approximate surface area is 92.5 Å². The van der Waals surface area contributed by atoms with Gasteiger partial charge >= 0.3 is 5.97 Å². The molecule has 1 aliphatic carbocycles. The highest BCUT2D eigenvalue weighted by molar-refractivity contribution is 5.69. The summed E-state index contributed by atoms with van der Waals surface area (Å²) in [5, 5.41) is 8.94. The van der Waals surface area contributed by atoms with Crippen molar-refractivity contribution in [2.75, 3.05) is 6.54 Å². The predicted molar refractivity (Wildman–Crippen MR) is 61.0 cm³/mol. The van der Waals surface area contributed by atoms with Crippen molar-refractivity contribution in [3.05, 3.63) is 0 Å². The Bertz CT molecular complexity index is 214. The normalized spacial score (nSPS) is 19.5. The standard InChI is InChI=1S/C12H23NO2/c1-12(2,3)13(9-11(14)15)10-7-5-4-6-8-10/h10H,4-9H2,1-3H3,(H,14,15). The molecule has 1 N–H and O–H groups in total. The van der Waals surface area contributed by atoms with Crippen LogP contribution in [-0.2, 0) is 4.79 Å². The maximum Gasteiger partial charge on any atom is 0.317 e. The molecule has 0 bridgehead atoms. The third-order valence-corrected chi connectivity index (χ3v) is 3.18. The maximum absolute atomic E-state index is 10.9. The first-order chi connectivity index (χ1) is 6.91. The lowest BCUT2D eigenvalue weighted by molar-refractivity contribution is -0.141. The number of carboxylic acids is 1. The monoisotopic (exact) mass is 213 g/mol. The summed E-state index contributed by atoms with van der Waals surface area (Å²) < 4.78 is 0. The summed E-state index contributed by atoms with van der Waals surface area (Å²) >= 11 is 0. The van der Waals surface area contributed by atoms with Crippen LogP contribution in [0.4, 0.5) is 0 Å². The molecule has 0 unspecified atom stereocenters. The summed E-state index contributed by atoms with van der Waals surface area (Å²) in [6.45, 7) is 6.48. The Balaban J connectivity index is 2.66. The SMILES string of the molecule is CC(C)(C)N(CC(=O)O)C1CCCCC1. The van der Waals surface area contributed by atoms with Crippen LogP contribution in [0.3, 0.4) is 0 Å². The first kappa shape index (κ1) is 12.5. The van der Waals surface area contributed by atoms with Gasteiger partial charge < -0.3 is 5.11 Å². The van der Waals surface area contributed by atoms with E-state index in [-0.39, 0.29) is 12.1 Å². The summed E-state index contributed by atoms with van der Waals surface area (Å²) in [5.74, 6) is -0.713. The molecule has 0 saturated heterocycles. The molecule has 0 aromatic carbocycles. The number of carbonyl (C=O) groups is 1. The average Bonchev–Trinajstić information content (AvgIpc) is 2.14. The summed E-state index contributed by atoms with van der Waals surface area (Å²) in [4.78, 5) is 13.0. The molecule has 0 atom stereocenters. The van der Waals surface area contributed by atoms with Gasteiger partial charge in [0.2, 0.25) is 0 Å². The molecule has 0 spiro atoms. The van der Waals surface area contributed by atoms with Gasteiger partial charge in [0.1, 0.15) is 0 Å². The Morgan fingerprint density at radius 1 is 1.27 bits per heavy atom. The average molecular weight is 213 g/mol. The van der Waals surface area contributed by atoms with Crippen molar-refractivity contribution in [2.45, 2.75) is 64.5 Å². The van der Waals surface area contributed by atoms with Crippen molar-refractivity contribution in [1.29, 1.82) is 0 Å². The first-order valence-corrected chi connectivity index (χ1v) is 5.90. The quantitative estimate of drug-likeness (QED) is 0.783. The van der Waals surface area contributed by atoms with E-state index in [2.05, 4.69) is 25.7 Å². The fourth-order valence-electron chi connectivity index (χ4n) is 2.45. The number of hydrogen-bond donors (Lipinski definition) is 1. The largest absolute Gasteiger partial charge is 0.480 e. The van der Waals surface area contributed by atoms with Gasteiger partial charge in [-0.1, -0.05) is 19.3 Å². The number of nitrogens with zero attached hydrogens (tertiary/aromatic N) is 1. The molecule has 0 aromatic heterocycles. The van der Waals surface area contributed by atoms with Crippen LogP contribution in [0.1, 0.15) is 52.9 Å². The van der Waals surface area contributed by atoms with Crippen LogP contribution >= 0.6 is 0 Å². The molecular formula is C12H23NO2. The zero-order valence-corrected chi connectivity index (χ0v) is 10.1. The minimum Gasteiger partial charge on any atom is -0.480 e. The van der Waals surface area contributed by atoms with Crippen LogP contribution < -0.4 is 0 Å². The van der Waals surface area contributed by atoms with Gasteiger partial charge in [-0.05, 0) is 33.6 Å². The van der Waals surface area contributed by atoms with Crippen molar-refractivity contribution in [2.24, 2.45) is 0 Å². The Morgan fingerprint density at radius 3 is 2.20 bits per heavy atom. The maximum atomic E-state index is 10.9. The lowest BCUT2D eigenvalue weighted by atomic mass is 9.91. The smallest absolute Gasteiger partial charge is 0.317 e. The van der Waals surface area contributed by atoms with E-state index in [9.17, 15) is 4.79 Å². The lowest BCUT2D eigenvalue weighted by Crippen LogP contribution is -2.51. The zero-order chi connectivity index (χ0) is 11.5. The second-order valence-electron chi connectivity index (χ2n) is 5.48. The number of carboxylic acid groups (broad SMARTS) is 1. The van der Waals surface area contributed by atoms with E-state index in [1.165, 1.54) is 19.3 Å². The molecule has 3 nitrogen and oxygen atoms in total. The Kier molecular flexibility index (Phi) is 4.14. The molecule has 1 fully saturated rings. The minimum absolute atomic E-state index is 0.0413. The molecule has 1 saturated carbocycles. The molecular weight excluding hydrogens is 190 g/mol. The van der Waals surface area contributed by atoms with Gasteiger partial charge in [0.05, 0.1) is 6.54 Å². The van der Waals surface area contributed by atoms with E-state index in [0.717, 1.165) is 12.8 Å². The van der Waals surface area contributed by atoms with Crippen LogP contribution in [0, 0.1) is 0 Å². The minimum atomic E-state index is -0.713. The molecule has 0 heterocycles. The number of aliphatic carboxylic acids is 1. The fourth-order valence-corrected chi connectivity index (χ4v) is 2.45. The van der Waals surface area contributed by atoms with Crippen LogP contribution in [0.2, 0.25) is 0 Å². The summed E-state index contributed by atoms with van der Waals surface area (Å²) in [5.41, 5.74) is -0.0413. The van der Waals surface area contributed by atoms with Crippen molar-refractivity contribution in [3.8, 4) is 0 Å². The summed E-state index contributed by atoms with van der Waals surface area (Å²) in [6, 6.07) is 0.467. The zero-order valence-electron chi connectivity index (χ0n) is 10.1. The highest BCUT2D eigenvalue weighted by atomic mass is 16.4. The van der Waals surface area contributed by atoms with E-state index in [0.29, 0.717) is 6.04 Å². The molecule has 1 aliphatic rings.